The van der Waals surface area contributed by atoms with Gasteiger partial charge in [0.15, 0.2) is 0 Å². The highest BCUT2D eigenvalue weighted by Crippen LogP contribution is 2.41. The van der Waals surface area contributed by atoms with E-state index in [1.54, 1.807) is 13.4 Å². The van der Waals surface area contributed by atoms with Crippen LogP contribution in [0.2, 0.25) is 0 Å². The predicted octanol–water partition coefficient (Wildman–Crippen LogP) is 2.59. The van der Waals surface area contributed by atoms with Gasteiger partial charge in [-0.2, -0.15) is 0 Å². The number of aromatic nitrogens is 3. The highest BCUT2D eigenvalue weighted by Gasteiger charge is 2.27. The van der Waals surface area contributed by atoms with Crippen LogP contribution in [0.25, 0.3) is 10.9 Å². The van der Waals surface area contributed by atoms with E-state index in [1.165, 1.54) is 28.1 Å². The lowest BCUT2D eigenvalue weighted by Crippen LogP contribution is -2.46. The number of rotatable bonds is 4. The molecule has 0 radical (unpaired) electrons. The Kier molecular flexibility index (Phi) is 4.21. The Balaban J connectivity index is 1.25. The van der Waals surface area contributed by atoms with Crippen LogP contribution in [0.15, 0.2) is 34.7 Å². The number of anilines is 1. The fourth-order valence-electron chi connectivity index (χ4n) is 3.70. The first kappa shape index (κ1) is 16.9. The van der Waals surface area contributed by atoms with Crippen LogP contribution in [0, 0.1) is 0 Å². The second-order valence-corrected chi connectivity index (χ2v) is 8.47. The van der Waals surface area contributed by atoms with Crippen LogP contribution in [0.5, 0.6) is 0 Å². The van der Waals surface area contributed by atoms with Crippen LogP contribution in [-0.2, 0) is 13.6 Å². The van der Waals surface area contributed by atoms with Crippen molar-refractivity contribution in [1.29, 1.82) is 0 Å². The Morgan fingerprint density at radius 2 is 2.00 bits per heavy atom. The first-order valence-electron chi connectivity index (χ1n) is 9.54. The minimum absolute atomic E-state index is 0.00481. The molecule has 1 aromatic carbocycles. The van der Waals surface area contributed by atoms with Crippen molar-refractivity contribution in [1.82, 2.24) is 19.4 Å². The Morgan fingerprint density at radius 1 is 1.19 bits per heavy atom. The number of piperazine rings is 1. The van der Waals surface area contributed by atoms with E-state index in [0.29, 0.717) is 5.39 Å². The molecular formula is C20H23N5OS. The topological polar surface area (TPSA) is 54.3 Å². The first-order chi connectivity index (χ1) is 13.2. The van der Waals surface area contributed by atoms with Crippen LogP contribution in [-0.4, -0.2) is 45.6 Å². The van der Waals surface area contributed by atoms with E-state index in [4.69, 9.17) is 4.98 Å². The molecule has 2 aromatic heterocycles. The van der Waals surface area contributed by atoms with Crippen molar-refractivity contribution in [2.75, 3.05) is 31.1 Å². The second kappa shape index (κ2) is 6.73. The third-order valence-corrected chi connectivity index (χ3v) is 6.58. The highest BCUT2D eigenvalue weighted by atomic mass is 32.1. The van der Waals surface area contributed by atoms with Crippen molar-refractivity contribution in [2.24, 2.45) is 7.05 Å². The summed E-state index contributed by atoms with van der Waals surface area (Å²) in [5.74, 6) is 0.749. The lowest BCUT2D eigenvalue weighted by Gasteiger charge is -2.35. The second-order valence-electron chi connectivity index (χ2n) is 7.58. The highest BCUT2D eigenvalue weighted by molar-refractivity contribution is 7.09. The van der Waals surface area contributed by atoms with Gasteiger partial charge in [0.1, 0.15) is 0 Å². The number of nitrogens with zero attached hydrogens (tertiary/aromatic N) is 5. The van der Waals surface area contributed by atoms with Crippen LogP contribution in [0.1, 0.15) is 29.5 Å². The third-order valence-electron chi connectivity index (χ3n) is 5.52. The standard InChI is InChI=1S/C20H23N5OS/c1-23-13-21-18-10-16(4-5-17(18)20(23)26)25-8-6-24(7-9-25)11-15-12-27-19(22-15)14-2-3-14/h4-5,10,12-14H,2-3,6-9,11H2,1H3. The van der Waals surface area contributed by atoms with E-state index in [-0.39, 0.29) is 5.56 Å². The SMILES string of the molecule is Cn1cnc2cc(N3CCN(Cc4csc(C5CC5)n4)CC3)ccc2c1=O. The Labute approximate surface area is 162 Å². The Morgan fingerprint density at radius 3 is 2.78 bits per heavy atom. The molecule has 2 fully saturated rings. The molecule has 1 aliphatic carbocycles. The van der Waals surface area contributed by atoms with Crippen molar-refractivity contribution in [3.8, 4) is 0 Å². The molecule has 6 nitrogen and oxygen atoms in total. The number of hydrogen-bond donors (Lipinski definition) is 0. The Hall–Kier alpha value is -2.25. The summed E-state index contributed by atoms with van der Waals surface area (Å²) < 4.78 is 1.52. The van der Waals surface area contributed by atoms with Gasteiger partial charge in [0.05, 0.1) is 27.9 Å². The van der Waals surface area contributed by atoms with Gasteiger partial charge < -0.3 is 9.47 Å². The summed E-state index contributed by atoms with van der Waals surface area (Å²) in [4.78, 5) is 26.3. The quantitative estimate of drug-likeness (QED) is 0.695. The fraction of sp³-hybridized carbons (Fsp3) is 0.450. The maximum absolute atomic E-state index is 12.2. The van der Waals surface area contributed by atoms with Gasteiger partial charge in [-0.3, -0.25) is 9.69 Å². The third kappa shape index (κ3) is 3.37. The Bertz CT molecular complexity index is 1030. The van der Waals surface area contributed by atoms with E-state index in [0.717, 1.165) is 49.8 Å². The average Bonchev–Trinajstić information content (AvgIpc) is 3.45. The monoisotopic (exact) mass is 381 g/mol. The molecule has 0 bridgehead atoms. The van der Waals surface area contributed by atoms with Gasteiger partial charge in [-0.25, -0.2) is 9.97 Å². The fourth-order valence-corrected chi connectivity index (χ4v) is 4.68. The van der Waals surface area contributed by atoms with Crippen LogP contribution >= 0.6 is 11.3 Å². The smallest absolute Gasteiger partial charge is 0.260 e. The predicted molar refractivity (Wildman–Crippen MR) is 109 cm³/mol. The lowest BCUT2D eigenvalue weighted by atomic mass is 10.2. The molecule has 1 saturated heterocycles. The summed E-state index contributed by atoms with van der Waals surface area (Å²) in [5.41, 5.74) is 3.15. The van der Waals surface area contributed by atoms with E-state index in [2.05, 4.69) is 20.2 Å². The summed E-state index contributed by atoms with van der Waals surface area (Å²) in [6.45, 7) is 4.97. The van der Waals surface area contributed by atoms with E-state index < -0.39 is 0 Å². The molecule has 3 heterocycles. The molecule has 0 amide bonds. The number of thiazole rings is 1. The zero-order valence-corrected chi connectivity index (χ0v) is 16.3. The molecule has 2 aliphatic rings. The molecule has 0 unspecified atom stereocenters. The zero-order valence-electron chi connectivity index (χ0n) is 15.5. The molecule has 1 saturated carbocycles. The van der Waals surface area contributed by atoms with Crippen molar-refractivity contribution in [3.05, 3.63) is 51.0 Å². The molecule has 5 rings (SSSR count). The normalized spacial score (nSPS) is 18.3. The van der Waals surface area contributed by atoms with Crippen molar-refractivity contribution in [2.45, 2.75) is 25.3 Å². The molecule has 1 aliphatic heterocycles. The molecular weight excluding hydrogens is 358 g/mol. The maximum atomic E-state index is 12.2. The summed E-state index contributed by atoms with van der Waals surface area (Å²) in [5, 5.41) is 4.24. The van der Waals surface area contributed by atoms with Gasteiger partial charge in [0.25, 0.3) is 5.56 Å². The molecule has 140 valence electrons. The maximum Gasteiger partial charge on any atom is 0.260 e. The summed E-state index contributed by atoms with van der Waals surface area (Å²) in [6.07, 6.45) is 4.23. The minimum atomic E-state index is 0.00481. The zero-order chi connectivity index (χ0) is 18.4. The number of fused-ring (bicyclic) bond motifs is 1. The molecule has 7 heteroatoms. The van der Waals surface area contributed by atoms with Gasteiger partial charge in [0, 0.05) is 56.8 Å². The van der Waals surface area contributed by atoms with Crippen LogP contribution in [0.3, 0.4) is 0 Å². The number of aryl methyl sites for hydroxylation is 1. The first-order valence-corrected chi connectivity index (χ1v) is 10.4. The van der Waals surface area contributed by atoms with Crippen molar-refractivity contribution >= 4 is 27.9 Å². The summed E-state index contributed by atoms with van der Waals surface area (Å²) in [6, 6.07) is 5.99. The number of benzene rings is 1. The van der Waals surface area contributed by atoms with Gasteiger partial charge in [-0.1, -0.05) is 0 Å². The van der Waals surface area contributed by atoms with E-state index in [9.17, 15) is 4.79 Å². The molecule has 0 N–H and O–H groups in total. The largest absolute Gasteiger partial charge is 0.369 e. The summed E-state index contributed by atoms with van der Waals surface area (Å²) >= 11 is 1.83. The van der Waals surface area contributed by atoms with Crippen molar-refractivity contribution < 1.29 is 0 Å². The van der Waals surface area contributed by atoms with Gasteiger partial charge in [0.2, 0.25) is 0 Å². The average molecular weight is 382 g/mol. The van der Waals surface area contributed by atoms with E-state index >= 15 is 0 Å². The van der Waals surface area contributed by atoms with Gasteiger partial charge in [-0.05, 0) is 31.0 Å². The van der Waals surface area contributed by atoms with Crippen molar-refractivity contribution in [3.63, 3.8) is 0 Å². The molecule has 27 heavy (non-hydrogen) atoms. The van der Waals surface area contributed by atoms with Gasteiger partial charge in [-0.15, -0.1) is 11.3 Å². The summed E-state index contributed by atoms with van der Waals surface area (Å²) in [7, 11) is 1.73. The van der Waals surface area contributed by atoms with Crippen LogP contribution < -0.4 is 10.5 Å². The number of hydrogen-bond acceptors (Lipinski definition) is 6. The lowest BCUT2D eigenvalue weighted by molar-refractivity contribution is 0.247. The van der Waals surface area contributed by atoms with Gasteiger partial charge >= 0.3 is 0 Å². The molecule has 0 atom stereocenters. The molecule has 3 aromatic rings. The van der Waals surface area contributed by atoms with Crippen LogP contribution in [0.4, 0.5) is 5.69 Å². The minimum Gasteiger partial charge on any atom is -0.369 e. The molecule has 0 spiro atoms. The van der Waals surface area contributed by atoms with E-state index in [1.807, 2.05) is 29.5 Å².